The number of amides is 2. The van der Waals surface area contributed by atoms with Gasteiger partial charge in [-0.1, -0.05) is 30.3 Å². The molecule has 43 heavy (non-hydrogen) atoms. The minimum Gasteiger partial charge on any atom is -0.352 e. The van der Waals surface area contributed by atoms with Crippen LogP contribution in [0.25, 0.3) is 22.2 Å². The average Bonchev–Trinajstić information content (AvgIpc) is 3.57. The summed E-state index contributed by atoms with van der Waals surface area (Å²) in [6.45, 7) is 4.82. The van der Waals surface area contributed by atoms with E-state index < -0.39 is 0 Å². The summed E-state index contributed by atoms with van der Waals surface area (Å²) in [5.74, 6) is 0.447. The van der Waals surface area contributed by atoms with Crippen LogP contribution in [0.5, 0.6) is 0 Å². The summed E-state index contributed by atoms with van der Waals surface area (Å²) in [5.41, 5.74) is 6.60. The highest BCUT2D eigenvalue weighted by Gasteiger charge is 2.29. The Balaban J connectivity index is 0.00000212. The molecule has 224 valence electrons. The van der Waals surface area contributed by atoms with Crippen LogP contribution in [0.2, 0.25) is 0 Å². The molecule has 2 amide bonds. The highest BCUT2D eigenvalue weighted by atomic mass is 35.5. The molecule has 0 unspecified atom stereocenters. The van der Waals surface area contributed by atoms with Crippen molar-refractivity contribution in [3.63, 3.8) is 0 Å². The molecule has 1 fully saturated rings. The lowest BCUT2D eigenvalue weighted by Crippen LogP contribution is -2.49. The summed E-state index contributed by atoms with van der Waals surface area (Å²) < 4.78 is 2.05. The number of hydrogen-bond donors (Lipinski definition) is 1. The Morgan fingerprint density at radius 3 is 2.40 bits per heavy atom. The molecule has 1 saturated heterocycles. The van der Waals surface area contributed by atoms with Gasteiger partial charge >= 0.3 is 0 Å². The standard InChI is InChI=1S/C30H30N8O2S.2ClH/c1-20-25(41-19-35-20)9-11-32-29(39)23-16-34-26(18-33-23)37-12-14-38(15-13-37)30(40)27-22-8-10-31-17-24(22)36(2)28(27)21-6-4-3-5-7-21;;/h3-8,10,16-19H,9,11-15H2,1-2H3,(H,32,39);2*1H. The summed E-state index contributed by atoms with van der Waals surface area (Å²) in [7, 11) is 1.98. The summed E-state index contributed by atoms with van der Waals surface area (Å²) >= 11 is 1.59. The molecule has 0 saturated carbocycles. The number of piperazine rings is 1. The number of benzene rings is 1. The second-order valence-electron chi connectivity index (χ2n) is 9.95. The predicted octanol–water partition coefficient (Wildman–Crippen LogP) is 4.57. The maximum Gasteiger partial charge on any atom is 0.271 e. The van der Waals surface area contributed by atoms with Crippen LogP contribution in [0.4, 0.5) is 5.82 Å². The fourth-order valence-corrected chi connectivity index (χ4v) is 6.06. The van der Waals surface area contributed by atoms with Gasteiger partial charge in [0.1, 0.15) is 11.5 Å². The molecule has 1 N–H and O–H groups in total. The number of fused-ring (bicyclic) bond motifs is 1. The minimum absolute atomic E-state index is 0. The zero-order chi connectivity index (χ0) is 28.3. The van der Waals surface area contributed by atoms with E-state index in [1.165, 1.54) is 6.20 Å². The first kappa shape index (κ1) is 31.9. The first-order valence-corrected chi connectivity index (χ1v) is 14.4. The Kier molecular flexibility index (Phi) is 10.3. The van der Waals surface area contributed by atoms with Crippen molar-refractivity contribution in [3.05, 3.63) is 88.5 Å². The van der Waals surface area contributed by atoms with E-state index >= 15 is 0 Å². The maximum atomic E-state index is 14.0. The molecule has 5 heterocycles. The lowest BCUT2D eigenvalue weighted by Gasteiger charge is -2.35. The number of carbonyl (C=O) groups excluding carboxylic acids is 2. The van der Waals surface area contributed by atoms with Crippen molar-refractivity contribution in [1.82, 2.24) is 34.7 Å². The number of hydrogen-bond acceptors (Lipinski definition) is 8. The lowest BCUT2D eigenvalue weighted by atomic mass is 10.0. The third kappa shape index (κ3) is 6.48. The third-order valence-electron chi connectivity index (χ3n) is 7.51. The van der Waals surface area contributed by atoms with Crippen molar-refractivity contribution in [2.24, 2.45) is 7.05 Å². The molecule has 0 bridgehead atoms. The number of thiazole rings is 1. The summed E-state index contributed by atoms with van der Waals surface area (Å²) in [5, 5.41) is 3.80. The third-order valence-corrected chi connectivity index (χ3v) is 8.50. The molecule has 1 aliphatic rings. The molecular formula is C30H32Cl2N8O2S. The molecule has 0 radical (unpaired) electrons. The number of aromatic nitrogens is 5. The fourth-order valence-electron chi connectivity index (χ4n) is 5.28. The topological polar surface area (TPSA) is 109 Å². The van der Waals surface area contributed by atoms with Crippen LogP contribution < -0.4 is 10.2 Å². The van der Waals surface area contributed by atoms with Gasteiger partial charge in [0.05, 0.1) is 46.6 Å². The van der Waals surface area contributed by atoms with E-state index in [0.717, 1.165) is 39.2 Å². The van der Waals surface area contributed by atoms with Gasteiger partial charge in [-0.25, -0.2) is 15.0 Å². The SMILES string of the molecule is Cc1ncsc1CCNC(=O)c1cnc(N2CCN(C(=O)c3c(-c4ccccc4)n(C)c4cnccc34)CC2)cn1.Cl.Cl. The molecule has 0 atom stereocenters. The largest absolute Gasteiger partial charge is 0.352 e. The van der Waals surface area contributed by atoms with Gasteiger partial charge in [0.25, 0.3) is 11.8 Å². The van der Waals surface area contributed by atoms with Crippen molar-refractivity contribution in [2.45, 2.75) is 13.3 Å². The number of pyridine rings is 1. The summed E-state index contributed by atoms with van der Waals surface area (Å²) in [6.07, 6.45) is 7.42. The Morgan fingerprint density at radius 1 is 0.953 bits per heavy atom. The van der Waals surface area contributed by atoms with Gasteiger partial charge in [0.2, 0.25) is 0 Å². The number of nitrogens with one attached hydrogen (secondary N) is 1. The van der Waals surface area contributed by atoms with Crippen LogP contribution in [-0.2, 0) is 13.5 Å². The van der Waals surface area contributed by atoms with Crippen molar-refractivity contribution in [2.75, 3.05) is 37.6 Å². The van der Waals surface area contributed by atoms with Crippen LogP contribution >= 0.6 is 36.2 Å². The number of rotatable bonds is 7. The first-order chi connectivity index (χ1) is 20.0. The number of halogens is 2. The van der Waals surface area contributed by atoms with E-state index in [2.05, 4.69) is 34.7 Å². The van der Waals surface area contributed by atoms with Crippen LogP contribution in [0.3, 0.4) is 0 Å². The van der Waals surface area contributed by atoms with E-state index in [1.54, 1.807) is 29.9 Å². The average molecular weight is 640 g/mol. The van der Waals surface area contributed by atoms with Gasteiger partial charge in [-0.15, -0.1) is 36.2 Å². The van der Waals surface area contributed by atoms with Gasteiger partial charge in [0.15, 0.2) is 0 Å². The molecule has 1 aromatic carbocycles. The minimum atomic E-state index is -0.249. The Labute approximate surface area is 266 Å². The second kappa shape index (κ2) is 13.9. The Hall–Kier alpha value is -4.06. The molecule has 5 aromatic rings. The highest BCUT2D eigenvalue weighted by molar-refractivity contribution is 7.09. The summed E-state index contributed by atoms with van der Waals surface area (Å²) in [6, 6.07) is 11.9. The van der Waals surface area contributed by atoms with E-state index in [0.29, 0.717) is 44.1 Å². The monoisotopic (exact) mass is 638 g/mol. The maximum absolute atomic E-state index is 14.0. The van der Waals surface area contributed by atoms with Gasteiger partial charge in [0, 0.05) is 62.7 Å². The molecular weight excluding hydrogens is 607 g/mol. The van der Waals surface area contributed by atoms with Crippen LogP contribution in [-0.4, -0.2) is 73.9 Å². The number of anilines is 1. The first-order valence-electron chi connectivity index (χ1n) is 13.5. The van der Waals surface area contributed by atoms with Gasteiger partial charge in [-0.3, -0.25) is 14.6 Å². The Bertz CT molecular complexity index is 1700. The van der Waals surface area contributed by atoms with Crippen LogP contribution in [0, 0.1) is 6.92 Å². The zero-order valence-electron chi connectivity index (χ0n) is 23.8. The molecule has 6 rings (SSSR count). The quantitative estimate of drug-likeness (QED) is 0.278. The van der Waals surface area contributed by atoms with Crippen molar-refractivity contribution in [3.8, 4) is 11.3 Å². The van der Waals surface area contributed by atoms with E-state index in [4.69, 9.17) is 0 Å². The van der Waals surface area contributed by atoms with Crippen LogP contribution in [0.15, 0.2) is 66.7 Å². The predicted molar refractivity (Wildman–Crippen MR) is 174 cm³/mol. The van der Waals surface area contributed by atoms with Gasteiger partial charge in [-0.05, 0) is 18.6 Å². The molecule has 0 spiro atoms. The van der Waals surface area contributed by atoms with Gasteiger partial charge < -0.3 is 19.7 Å². The molecule has 0 aliphatic carbocycles. The molecule has 10 nitrogen and oxygen atoms in total. The summed E-state index contributed by atoms with van der Waals surface area (Å²) in [4.78, 5) is 49.0. The smallest absolute Gasteiger partial charge is 0.271 e. The van der Waals surface area contributed by atoms with Gasteiger partial charge in [-0.2, -0.15) is 0 Å². The lowest BCUT2D eigenvalue weighted by molar-refractivity contribution is 0.0748. The van der Waals surface area contributed by atoms with Crippen molar-refractivity contribution in [1.29, 1.82) is 0 Å². The fraction of sp³-hybridized carbons (Fsp3) is 0.267. The Morgan fingerprint density at radius 2 is 1.72 bits per heavy atom. The van der Waals surface area contributed by atoms with E-state index in [-0.39, 0.29) is 42.3 Å². The van der Waals surface area contributed by atoms with Crippen LogP contribution in [0.1, 0.15) is 31.4 Å². The number of nitrogens with zero attached hydrogens (tertiary/aromatic N) is 7. The number of aryl methyl sites for hydroxylation is 2. The van der Waals surface area contributed by atoms with E-state index in [9.17, 15) is 9.59 Å². The second-order valence-corrected chi connectivity index (χ2v) is 10.9. The van der Waals surface area contributed by atoms with Crippen molar-refractivity contribution >= 4 is 64.7 Å². The number of carbonyl (C=O) groups is 2. The molecule has 4 aromatic heterocycles. The zero-order valence-corrected chi connectivity index (χ0v) is 26.2. The molecule has 1 aliphatic heterocycles. The van der Waals surface area contributed by atoms with E-state index in [1.807, 2.05) is 60.8 Å². The highest BCUT2D eigenvalue weighted by Crippen LogP contribution is 2.34. The normalized spacial score (nSPS) is 12.9. The van der Waals surface area contributed by atoms with Crippen molar-refractivity contribution < 1.29 is 9.59 Å². The molecule has 13 heteroatoms.